The molecule has 0 aliphatic rings. The van der Waals surface area contributed by atoms with Crippen LogP contribution in [0.25, 0.3) is 0 Å². The average Bonchev–Trinajstić information content (AvgIpc) is 2.57. The molecule has 1 N–H and O–H groups in total. The first-order valence-corrected chi connectivity index (χ1v) is 8.30. The summed E-state index contributed by atoms with van der Waals surface area (Å²) in [5.41, 5.74) is 0. The van der Waals surface area contributed by atoms with Gasteiger partial charge >= 0.3 is 47.0 Å². The number of aliphatic carboxylic acids is 1. The lowest BCUT2D eigenvalue weighted by Gasteiger charge is -2.42. The maximum absolute atomic E-state index is 13.4. The molecular formula is C10H3F17NO4S-. The van der Waals surface area contributed by atoms with E-state index >= 15 is 0 Å². The van der Waals surface area contributed by atoms with Gasteiger partial charge in [-0.1, -0.05) is 0 Å². The van der Waals surface area contributed by atoms with E-state index in [4.69, 9.17) is 0 Å². The van der Waals surface area contributed by atoms with Crippen molar-refractivity contribution >= 4 is 16.0 Å². The smallest absolute Gasteiger partial charge is 0.460 e. The van der Waals surface area contributed by atoms with Crippen LogP contribution in [0.4, 0.5) is 74.6 Å². The van der Waals surface area contributed by atoms with Crippen LogP contribution in [0.5, 0.6) is 0 Å². The summed E-state index contributed by atoms with van der Waals surface area (Å²) in [6, 6.07) is 0. The highest BCUT2D eigenvalue weighted by molar-refractivity contribution is 7.90. The third-order valence-electron chi connectivity index (χ3n) is 3.44. The van der Waals surface area contributed by atoms with Gasteiger partial charge in [-0.15, -0.1) is 0 Å². The van der Waals surface area contributed by atoms with Crippen LogP contribution < -0.4 is 9.83 Å². The Hall–Kier alpha value is -1.81. The predicted octanol–water partition coefficient (Wildman–Crippen LogP) is 2.62. The van der Waals surface area contributed by atoms with Crippen molar-refractivity contribution in [1.29, 1.82) is 0 Å². The summed E-state index contributed by atoms with van der Waals surface area (Å²) in [5, 5.41) is 2.11. The fourth-order valence-electron chi connectivity index (χ4n) is 1.56. The molecule has 0 bridgehead atoms. The van der Waals surface area contributed by atoms with Crippen molar-refractivity contribution in [2.75, 3.05) is 6.54 Å². The minimum atomic E-state index is -8.95. The number of alkyl halides is 17. The Morgan fingerprint density at radius 2 is 0.848 bits per heavy atom. The van der Waals surface area contributed by atoms with Gasteiger partial charge < -0.3 is 9.90 Å². The molecule has 0 atom stereocenters. The Labute approximate surface area is 168 Å². The molecule has 0 rings (SSSR count). The molecular weight excluding hydrogens is 553 g/mol. The number of hydrogen-bond donors (Lipinski definition) is 1. The highest BCUT2D eigenvalue weighted by Crippen LogP contribution is 2.64. The summed E-state index contributed by atoms with van der Waals surface area (Å²) in [6.07, 6.45) is -7.92. The van der Waals surface area contributed by atoms with Gasteiger partial charge in [-0.05, 0) is 0 Å². The van der Waals surface area contributed by atoms with Crippen molar-refractivity contribution in [2.24, 2.45) is 0 Å². The van der Waals surface area contributed by atoms with Crippen molar-refractivity contribution in [3.8, 4) is 0 Å². The van der Waals surface area contributed by atoms with Crippen LogP contribution >= 0.6 is 0 Å². The zero-order valence-corrected chi connectivity index (χ0v) is 15.0. The SMILES string of the molecule is O=C([O-])CNS(=O)(=O)C(F)(F)C(F)(F)C(F)(F)C(F)(F)C(F)(F)C(F)(F)C(F)(F)C(F)(F)F. The molecule has 23 heteroatoms. The molecule has 198 valence electrons. The van der Waals surface area contributed by atoms with E-state index in [1.54, 1.807) is 0 Å². The molecule has 0 aliphatic heterocycles. The van der Waals surface area contributed by atoms with E-state index in [2.05, 4.69) is 0 Å². The van der Waals surface area contributed by atoms with Gasteiger partial charge in [-0.25, -0.2) is 13.1 Å². The van der Waals surface area contributed by atoms with E-state index in [-0.39, 0.29) is 4.72 Å². The number of carboxylic acid groups (broad SMARTS) is 1. The lowest BCUT2D eigenvalue weighted by Crippen LogP contribution is -2.75. The van der Waals surface area contributed by atoms with Gasteiger partial charge in [0, 0.05) is 0 Å². The fourth-order valence-corrected chi connectivity index (χ4v) is 2.52. The first-order chi connectivity index (χ1) is 13.9. The second-order valence-corrected chi connectivity index (χ2v) is 7.47. The van der Waals surface area contributed by atoms with E-state index in [0.717, 1.165) is 0 Å². The molecule has 0 radical (unpaired) electrons. The Kier molecular flexibility index (Phi) is 7.43. The minimum absolute atomic E-state index is 0.161. The summed E-state index contributed by atoms with van der Waals surface area (Å²) >= 11 is 0. The molecule has 0 spiro atoms. The molecule has 5 nitrogen and oxygen atoms in total. The maximum Gasteiger partial charge on any atom is 0.460 e. The first-order valence-electron chi connectivity index (χ1n) is 6.82. The molecule has 0 aromatic heterocycles. The van der Waals surface area contributed by atoms with Crippen LogP contribution in [0.15, 0.2) is 0 Å². The number of rotatable bonds is 10. The van der Waals surface area contributed by atoms with Gasteiger partial charge in [0.05, 0.1) is 12.5 Å². The molecule has 0 fully saturated rings. The van der Waals surface area contributed by atoms with Gasteiger partial charge in [0.25, 0.3) is 10.0 Å². The Bertz CT molecular complexity index is 862. The molecule has 0 saturated heterocycles. The lowest BCUT2D eigenvalue weighted by atomic mass is 9.91. The summed E-state index contributed by atoms with van der Waals surface area (Å²) in [5.74, 6) is -55.0. The van der Waals surface area contributed by atoms with Crippen molar-refractivity contribution in [3.63, 3.8) is 0 Å². The van der Waals surface area contributed by atoms with Crippen molar-refractivity contribution < 1.29 is 93.0 Å². The number of sulfonamides is 1. The second-order valence-electron chi connectivity index (χ2n) is 5.66. The molecule has 0 heterocycles. The van der Waals surface area contributed by atoms with E-state index in [0.29, 0.717) is 0 Å². The minimum Gasteiger partial charge on any atom is -0.549 e. The number of hydrogen-bond acceptors (Lipinski definition) is 4. The molecule has 0 amide bonds. The molecule has 33 heavy (non-hydrogen) atoms. The standard InChI is InChI=1S/C10H4F17NO4S/c11-3(12,5(15,16)7(19,20)9(23,24)25)4(13,14)6(17,18)8(21,22)10(26,27)33(31,32)28-1-2(29)30/h28H,1H2,(H,29,30)/p-1. The quantitative estimate of drug-likeness (QED) is 0.420. The van der Waals surface area contributed by atoms with Gasteiger partial charge in [0.2, 0.25) is 0 Å². The van der Waals surface area contributed by atoms with Crippen LogP contribution in [-0.2, 0) is 14.8 Å². The predicted molar refractivity (Wildman–Crippen MR) is 62.6 cm³/mol. The number of carbonyl (C=O) groups is 1. The Balaban J connectivity index is 6.86. The summed E-state index contributed by atoms with van der Waals surface area (Å²) in [7, 11) is -7.62. The Morgan fingerprint density at radius 1 is 0.576 bits per heavy atom. The zero-order valence-electron chi connectivity index (χ0n) is 14.2. The van der Waals surface area contributed by atoms with Crippen molar-refractivity contribution in [3.05, 3.63) is 0 Å². The molecule has 0 unspecified atom stereocenters. The third-order valence-corrected chi connectivity index (χ3v) is 4.89. The molecule has 0 aromatic rings. The zero-order chi connectivity index (χ0) is 27.5. The highest BCUT2D eigenvalue weighted by atomic mass is 32.2. The van der Waals surface area contributed by atoms with Crippen LogP contribution in [0.1, 0.15) is 0 Å². The average molecular weight is 556 g/mol. The van der Waals surface area contributed by atoms with Gasteiger partial charge in [-0.3, -0.25) is 0 Å². The van der Waals surface area contributed by atoms with E-state index < -0.39 is 69.5 Å². The van der Waals surface area contributed by atoms with Gasteiger partial charge in [0.1, 0.15) is 0 Å². The highest BCUT2D eigenvalue weighted by Gasteiger charge is 2.96. The topological polar surface area (TPSA) is 86.3 Å². The van der Waals surface area contributed by atoms with Crippen molar-refractivity contribution in [2.45, 2.75) is 47.0 Å². The van der Waals surface area contributed by atoms with E-state index in [9.17, 15) is 93.0 Å². The van der Waals surface area contributed by atoms with Crippen molar-refractivity contribution in [1.82, 2.24) is 4.72 Å². The summed E-state index contributed by atoms with van der Waals surface area (Å²) < 4.78 is 242. The summed E-state index contributed by atoms with van der Waals surface area (Å²) in [4.78, 5) is 9.91. The van der Waals surface area contributed by atoms with Crippen LogP contribution in [0.2, 0.25) is 0 Å². The van der Waals surface area contributed by atoms with Crippen LogP contribution in [0, 0.1) is 0 Å². The maximum atomic E-state index is 13.4. The molecule has 0 aromatic carbocycles. The number of halogens is 17. The monoisotopic (exact) mass is 556 g/mol. The normalized spacial score (nSPS) is 16.2. The third kappa shape index (κ3) is 4.13. The van der Waals surface area contributed by atoms with E-state index in [1.165, 1.54) is 0 Å². The molecule has 0 saturated carbocycles. The Morgan fingerprint density at radius 3 is 1.12 bits per heavy atom. The van der Waals surface area contributed by atoms with Gasteiger partial charge in [-0.2, -0.15) is 74.6 Å². The second kappa shape index (κ2) is 7.86. The summed E-state index contributed by atoms with van der Waals surface area (Å²) in [6.45, 7) is -2.47. The van der Waals surface area contributed by atoms with Crippen LogP contribution in [-0.4, -0.2) is 67.9 Å². The lowest BCUT2D eigenvalue weighted by molar-refractivity contribution is -0.458. The number of carboxylic acids is 1. The largest absolute Gasteiger partial charge is 0.549 e. The number of carbonyl (C=O) groups excluding carboxylic acids is 1. The van der Waals surface area contributed by atoms with Gasteiger partial charge in [0.15, 0.2) is 0 Å². The molecule has 0 aliphatic carbocycles. The number of nitrogens with one attached hydrogen (secondary N) is 1. The fraction of sp³-hybridized carbons (Fsp3) is 0.900. The van der Waals surface area contributed by atoms with E-state index in [1.807, 2.05) is 0 Å². The first kappa shape index (κ1) is 31.2. The van der Waals surface area contributed by atoms with Crippen LogP contribution in [0.3, 0.4) is 0 Å².